The summed E-state index contributed by atoms with van der Waals surface area (Å²) in [6.07, 6.45) is 0. The van der Waals surface area contributed by atoms with E-state index in [1.165, 1.54) is 58.6 Å². The summed E-state index contributed by atoms with van der Waals surface area (Å²) in [6, 6.07) is 60.0. The van der Waals surface area contributed by atoms with Crippen LogP contribution in [0.2, 0.25) is 0 Å². The molecule has 3 heteroatoms. The lowest BCUT2D eigenvalue weighted by atomic mass is 9.82. The van der Waals surface area contributed by atoms with E-state index in [0.717, 1.165) is 44.7 Å². The lowest BCUT2D eigenvalue weighted by Gasteiger charge is -2.28. The Hall–Kier alpha value is -6.16. The van der Waals surface area contributed by atoms with E-state index in [9.17, 15) is 0 Å². The number of fused-ring (bicyclic) bond motifs is 11. The summed E-state index contributed by atoms with van der Waals surface area (Å²) < 4.78 is 9.05. The molecule has 2 nitrogen and oxygen atoms in total. The minimum atomic E-state index is -0.0907. The average molecular weight is 684 g/mol. The Labute approximate surface area is 305 Å². The molecule has 0 fully saturated rings. The number of furan rings is 1. The molecule has 2 aromatic heterocycles. The Bertz CT molecular complexity index is 3050. The number of hydrogen-bond acceptors (Lipinski definition) is 3. The minimum Gasteiger partial charge on any atom is -0.456 e. The maximum atomic E-state index is 6.43. The smallest absolute Gasteiger partial charge is 0.136 e. The third-order valence-corrected chi connectivity index (χ3v) is 12.4. The number of thiophene rings is 1. The highest BCUT2D eigenvalue weighted by Gasteiger charge is 2.35. The van der Waals surface area contributed by atoms with Gasteiger partial charge in [0.2, 0.25) is 0 Å². The monoisotopic (exact) mass is 683 g/mol. The molecule has 0 spiro atoms. The van der Waals surface area contributed by atoms with Crippen molar-refractivity contribution in [3.63, 3.8) is 0 Å². The van der Waals surface area contributed by atoms with Crippen LogP contribution < -0.4 is 4.90 Å². The van der Waals surface area contributed by atoms with Crippen molar-refractivity contribution in [3.05, 3.63) is 175 Å². The van der Waals surface area contributed by atoms with Gasteiger partial charge in [0.15, 0.2) is 0 Å². The highest BCUT2D eigenvalue weighted by molar-refractivity contribution is 7.25. The van der Waals surface area contributed by atoms with Crippen LogP contribution in [0, 0.1) is 0 Å². The number of anilines is 3. The molecule has 0 radical (unpaired) electrons. The molecule has 0 unspecified atom stereocenters. The van der Waals surface area contributed by atoms with Gasteiger partial charge in [0.1, 0.15) is 11.2 Å². The Balaban J connectivity index is 1.04. The molecule has 2 heterocycles. The molecule has 0 amide bonds. The molecule has 0 N–H and O–H groups in total. The Morgan fingerprint density at radius 3 is 2.06 bits per heavy atom. The molecule has 1 aliphatic carbocycles. The van der Waals surface area contributed by atoms with Gasteiger partial charge in [-0.2, -0.15) is 0 Å². The normalized spacial score (nSPS) is 13.3. The standard InChI is InChI=1S/C49H33NOS/c1-49(2)42-13-7-5-11-37(42)38-24-21-35(29-43(38)49)50(34-22-26-47-41(28-34)39-12-6-8-14-46(39)52-47)33-19-15-30(16-20-33)32-17-23-40-45(27-32)51-44-25-18-31-9-3-4-10-36(31)48(40)44/h3-29H,1-2H3. The summed E-state index contributed by atoms with van der Waals surface area (Å²) in [5, 5.41) is 7.38. The molecule has 246 valence electrons. The van der Waals surface area contributed by atoms with E-state index < -0.39 is 0 Å². The van der Waals surface area contributed by atoms with E-state index in [-0.39, 0.29) is 5.41 Å². The van der Waals surface area contributed by atoms with Crippen LogP contribution in [-0.2, 0) is 5.41 Å². The summed E-state index contributed by atoms with van der Waals surface area (Å²) in [7, 11) is 0. The van der Waals surface area contributed by atoms with Crippen molar-refractivity contribution in [3.8, 4) is 22.3 Å². The van der Waals surface area contributed by atoms with Gasteiger partial charge in [0.25, 0.3) is 0 Å². The third-order valence-electron chi connectivity index (χ3n) is 11.3. The van der Waals surface area contributed by atoms with Crippen molar-refractivity contribution in [1.82, 2.24) is 0 Å². The summed E-state index contributed by atoms with van der Waals surface area (Å²) in [5.74, 6) is 0. The first kappa shape index (κ1) is 29.6. The van der Waals surface area contributed by atoms with Gasteiger partial charge in [-0.1, -0.05) is 111 Å². The molecule has 8 aromatic carbocycles. The van der Waals surface area contributed by atoms with Gasteiger partial charge in [0, 0.05) is 53.4 Å². The lowest BCUT2D eigenvalue weighted by Crippen LogP contribution is -2.16. The second-order valence-electron chi connectivity index (χ2n) is 14.5. The van der Waals surface area contributed by atoms with E-state index in [1.54, 1.807) is 0 Å². The fourth-order valence-corrected chi connectivity index (χ4v) is 9.75. The van der Waals surface area contributed by atoms with Crippen molar-refractivity contribution in [2.45, 2.75) is 19.3 Å². The van der Waals surface area contributed by atoms with Gasteiger partial charge in [0.05, 0.1) is 0 Å². The molecule has 1 aliphatic rings. The van der Waals surface area contributed by atoms with Gasteiger partial charge in [-0.05, 0) is 111 Å². The number of hydrogen-bond donors (Lipinski definition) is 0. The fourth-order valence-electron chi connectivity index (χ4n) is 8.66. The molecule has 0 atom stereocenters. The molecule has 52 heavy (non-hydrogen) atoms. The molecular formula is C49H33NOS. The fraction of sp³-hybridized carbons (Fsp3) is 0.0612. The van der Waals surface area contributed by atoms with Crippen LogP contribution in [-0.4, -0.2) is 0 Å². The Morgan fingerprint density at radius 1 is 0.462 bits per heavy atom. The first-order valence-electron chi connectivity index (χ1n) is 17.9. The van der Waals surface area contributed by atoms with Crippen LogP contribution in [0.25, 0.3) is 75.1 Å². The van der Waals surface area contributed by atoms with Crippen LogP contribution in [0.3, 0.4) is 0 Å². The molecule has 0 bridgehead atoms. The van der Waals surface area contributed by atoms with Gasteiger partial charge in [-0.3, -0.25) is 0 Å². The maximum Gasteiger partial charge on any atom is 0.136 e. The van der Waals surface area contributed by atoms with Crippen LogP contribution in [0.4, 0.5) is 17.1 Å². The number of benzene rings is 8. The van der Waals surface area contributed by atoms with Gasteiger partial charge >= 0.3 is 0 Å². The second-order valence-corrected chi connectivity index (χ2v) is 15.6. The molecule has 11 rings (SSSR count). The molecule has 0 saturated carbocycles. The van der Waals surface area contributed by atoms with Crippen LogP contribution >= 0.6 is 11.3 Å². The summed E-state index contributed by atoms with van der Waals surface area (Å²) >= 11 is 1.86. The largest absolute Gasteiger partial charge is 0.456 e. The van der Waals surface area contributed by atoms with Crippen molar-refractivity contribution < 1.29 is 4.42 Å². The molecule has 0 aliphatic heterocycles. The average Bonchev–Trinajstić information content (AvgIpc) is 3.83. The highest BCUT2D eigenvalue weighted by Crippen LogP contribution is 2.51. The molecule has 0 saturated heterocycles. The highest BCUT2D eigenvalue weighted by atomic mass is 32.1. The predicted octanol–water partition coefficient (Wildman–Crippen LogP) is 14.6. The topological polar surface area (TPSA) is 16.4 Å². The summed E-state index contributed by atoms with van der Waals surface area (Å²) in [4.78, 5) is 2.42. The minimum absolute atomic E-state index is 0.0907. The zero-order chi connectivity index (χ0) is 34.6. The number of rotatable bonds is 4. The van der Waals surface area contributed by atoms with Crippen LogP contribution in [0.5, 0.6) is 0 Å². The first-order chi connectivity index (χ1) is 25.5. The predicted molar refractivity (Wildman–Crippen MR) is 222 cm³/mol. The zero-order valence-corrected chi connectivity index (χ0v) is 29.7. The lowest BCUT2D eigenvalue weighted by molar-refractivity contribution is 0.660. The first-order valence-corrected chi connectivity index (χ1v) is 18.7. The summed E-state index contributed by atoms with van der Waals surface area (Å²) in [6.45, 7) is 4.71. The molecule has 10 aromatic rings. The van der Waals surface area contributed by atoms with Gasteiger partial charge in [-0.15, -0.1) is 11.3 Å². The third kappa shape index (κ3) is 4.30. The van der Waals surface area contributed by atoms with E-state index in [0.29, 0.717) is 0 Å². The molecular weight excluding hydrogens is 651 g/mol. The van der Waals surface area contributed by atoms with Crippen molar-refractivity contribution in [2.24, 2.45) is 0 Å². The van der Waals surface area contributed by atoms with Crippen molar-refractivity contribution >= 4 is 81.3 Å². The van der Waals surface area contributed by atoms with E-state index >= 15 is 0 Å². The van der Waals surface area contributed by atoms with Crippen LogP contribution in [0.1, 0.15) is 25.0 Å². The second kappa shape index (κ2) is 10.9. The van der Waals surface area contributed by atoms with Gasteiger partial charge in [-0.25, -0.2) is 0 Å². The number of nitrogens with zero attached hydrogens (tertiary/aromatic N) is 1. The summed E-state index contributed by atoms with van der Waals surface area (Å²) in [5.41, 5.74) is 12.9. The van der Waals surface area contributed by atoms with Gasteiger partial charge < -0.3 is 9.32 Å². The van der Waals surface area contributed by atoms with E-state index in [1.807, 2.05) is 11.3 Å². The zero-order valence-electron chi connectivity index (χ0n) is 28.9. The van der Waals surface area contributed by atoms with Crippen LogP contribution in [0.15, 0.2) is 168 Å². The Morgan fingerprint density at radius 2 is 1.15 bits per heavy atom. The van der Waals surface area contributed by atoms with E-state index in [4.69, 9.17) is 4.42 Å². The Kier molecular flexibility index (Phi) is 6.21. The maximum absolute atomic E-state index is 6.43. The van der Waals surface area contributed by atoms with E-state index in [2.05, 4.69) is 183 Å². The SMILES string of the molecule is CC1(C)c2ccccc2-c2ccc(N(c3ccc(-c4ccc5c(c4)oc4ccc6ccccc6c45)cc3)c3ccc4sc5ccccc5c4c3)cc21. The van der Waals surface area contributed by atoms with Crippen molar-refractivity contribution in [2.75, 3.05) is 4.90 Å². The quantitative estimate of drug-likeness (QED) is 0.184. The van der Waals surface area contributed by atoms with Crippen molar-refractivity contribution in [1.29, 1.82) is 0 Å².